The second-order valence-corrected chi connectivity index (χ2v) is 0. The first kappa shape index (κ1) is 926. The van der Waals surface area contributed by atoms with E-state index in [4.69, 9.17) is 0 Å². The molecule has 0 fully saturated rings. The van der Waals surface area contributed by atoms with E-state index >= 15 is 0 Å². The molecule has 129 heteroatoms. The van der Waals surface area contributed by atoms with E-state index < -0.39 is 0 Å². The molecule has 0 aliphatic rings. The first-order valence-electron chi connectivity index (χ1n) is 0. The first-order chi connectivity index (χ1) is 0. The maximum Gasteiger partial charge on any atom is 0 e. The van der Waals surface area contributed by atoms with Crippen LogP contribution in [0.3, 0.4) is 0 Å². The topological polar surface area (TPSA) is 0 Å². The molecule has 0 aliphatic carbocycles. The van der Waals surface area contributed by atoms with Crippen molar-refractivity contribution in [3.05, 3.63) is 0 Å². The van der Waals surface area contributed by atoms with Crippen LogP contribution in [-0.4, -0.2) is 0 Å². The molecule has 0 atom stereocenters. The molecule has 0 aromatic rings. The van der Waals surface area contributed by atoms with Crippen molar-refractivity contribution in [2.45, 2.75) is 0 Å². The fourth-order valence-corrected chi connectivity index (χ4v) is 0. The summed E-state index contributed by atoms with van der Waals surface area (Å²) >= 11 is 0. The molecule has 0 saturated heterocycles. The van der Waals surface area contributed by atoms with Crippen LogP contribution in [0.2, 0.25) is 0 Å². The van der Waals surface area contributed by atoms with E-state index in [0.29, 0.717) is 0 Å². The largest absolute Gasteiger partial charge is 0 e. The smallest absolute Gasteiger partial charge is 0 e. The van der Waals surface area contributed by atoms with Crippen molar-refractivity contribution in [2.24, 2.45) is 0 Å². The molecule has 0 nitrogen and oxygen atoms in total. The third-order valence-corrected chi connectivity index (χ3v) is 0. The van der Waals surface area contributed by atoms with Crippen LogP contribution in [0.25, 0.3) is 0 Å². The van der Waals surface area contributed by atoms with Crippen molar-refractivity contribution < 1.29 is 4980 Å². The molecule has 0 N–H and O–H groups in total. The van der Waals surface area contributed by atoms with E-state index in [9.17, 15) is 0 Å². The van der Waals surface area contributed by atoms with Crippen molar-refractivity contribution in [3.8, 4) is 0 Å². The predicted octanol–water partition coefficient (Wildman–Crippen LogP) is 0. The van der Waals surface area contributed by atoms with Gasteiger partial charge < -0.3 is 0 Å². The fourth-order valence-electron chi connectivity index (χ4n) is 0. The molecule has 0 heterocycles. The zero-order valence-corrected chi connectivity index (χ0v) is 319. The van der Waals surface area contributed by atoms with Crippen LogP contribution >= 0.6 is 0 Å². The third kappa shape index (κ3) is 910. The maximum atomic E-state index is 0. The minimum atomic E-state index is 0. The van der Waals surface area contributed by atoms with E-state index in [2.05, 4.69) is 0 Å². The summed E-state index contributed by atoms with van der Waals surface area (Å²) in [7, 11) is 0. The quantitative estimate of drug-likeness (QED) is 0.321. The number of hydrogen-bond donors (Lipinski definition) is 0. The van der Waals surface area contributed by atoms with Crippen LogP contribution < -0.4 is 0 Å². The van der Waals surface area contributed by atoms with Crippen molar-refractivity contribution in [1.29, 1.82) is 0 Å². The molecule has 0 rings (SSSR count). The average molecular weight is 20500 g/mol. The summed E-state index contributed by atoms with van der Waals surface area (Å²) in [5, 5.41) is 0. The summed E-state index contributed by atoms with van der Waals surface area (Å²) in [6, 6.07) is 0. The standard InChI is InChI=1S/129Tb. The molecule has 0 saturated carbocycles. The van der Waals surface area contributed by atoms with Gasteiger partial charge in [-0.05, 0) is 0 Å². The molecule has 0 spiro atoms. The fraction of sp³-hybridized carbons (Fsp3) is 0. The summed E-state index contributed by atoms with van der Waals surface area (Å²) in [4.78, 5) is 0. The van der Waals surface area contributed by atoms with Gasteiger partial charge in [0.25, 0.3) is 0 Å². The Kier molecular flexibility index (Phi) is 6570. The maximum absolute atomic E-state index is 0. The van der Waals surface area contributed by atoms with Gasteiger partial charge in [-0.15, -0.1) is 0 Å². The molecule has 0 aliphatic heterocycles. The molecule has 0 aromatic heterocycles. The molecule has 0 bridgehead atoms. The molecule has 129 radical (unpaired) electrons. The van der Waals surface area contributed by atoms with Crippen LogP contribution in [0, 0.1) is 4980 Å². The van der Waals surface area contributed by atoms with E-state index in [1.165, 1.54) is 0 Å². The van der Waals surface area contributed by atoms with Gasteiger partial charge in [0.2, 0.25) is 0 Å². The Balaban J connectivity index is 0. The summed E-state index contributed by atoms with van der Waals surface area (Å²) in [5.41, 5.74) is 0. The van der Waals surface area contributed by atoms with E-state index in [-0.39, 0.29) is 4980 Å². The van der Waals surface area contributed by atoms with E-state index in [1.54, 1.807) is 0 Å². The Morgan fingerprint density at radius 3 is 0.00775 bits per heavy atom. The molecule has 1161 valence electrons. The first-order valence-corrected chi connectivity index (χ1v) is 0. The second-order valence-electron chi connectivity index (χ2n) is 0. The Labute approximate surface area is 4770 Å². The SMILES string of the molecule is [Tb].[Tb].[Tb].[Tb].[Tb].[Tb].[Tb].[Tb].[Tb].[Tb].[Tb].[Tb].[Tb].[Tb].[Tb].[Tb].[Tb].[Tb].[Tb].[Tb].[Tb].[Tb].[Tb].[Tb].[Tb].[Tb].[Tb].[Tb].[Tb].[Tb].[Tb].[Tb].[Tb].[Tb].[Tb].[Tb].[Tb].[Tb].[Tb].[Tb].[Tb].[Tb].[Tb].[Tb].[Tb].[Tb].[Tb].[Tb].[Tb].[Tb].[Tb].[Tb].[Tb].[Tb].[Tb].[Tb].[Tb].[Tb].[Tb].[Tb].[Tb].[Tb].[Tb].[Tb].[Tb].[Tb].[Tb].[Tb].[Tb].[Tb].[Tb].[Tb].[Tb].[Tb].[Tb].[Tb].[Tb].[Tb].[Tb].[Tb].[Tb].[Tb].[Tb].[Tb].[Tb].[Tb].[Tb].[Tb].[Tb].[Tb].[Tb].[Tb].[Tb].[Tb].[Tb].[Tb].[Tb].[Tb].[Tb].[Tb].[Tb].[Tb].[Tb].[Tb].[Tb].[Tb].[Tb].[Tb].[Tb].[Tb].[Tb].[Tb].[Tb].[Tb].[Tb].[Tb].[Tb].[Tb].[Tb].[Tb].[Tb].[Tb].[Tb].[Tb].[Tb].[Tb].[Tb].[Tb].[Tb]. The summed E-state index contributed by atoms with van der Waals surface area (Å²) < 4.78 is 0. The van der Waals surface area contributed by atoms with Crippen LogP contribution in [0.4, 0.5) is 0 Å². The summed E-state index contributed by atoms with van der Waals surface area (Å²) in [6.07, 6.45) is 0. The average Bonchev–Trinajstić information content (AvgIpc) is 0. The Morgan fingerprint density at radius 2 is 0.00775 bits per heavy atom. The zero-order chi connectivity index (χ0) is 0. The minimum Gasteiger partial charge on any atom is 0 e. The molecular weight excluding hydrogens is 20500 g/mol. The van der Waals surface area contributed by atoms with Gasteiger partial charge in [0, 0.05) is 4980 Å². The molecular formula is Tb129. The Morgan fingerprint density at radius 1 is 0.00775 bits per heavy atom. The van der Waals surface area contributed by atoms with E-state index in [0.717, 1.165) is 0 Å². The van der Waals surface area contributed by atoms with Crippen LogP contribution in [0.1, 0.15) is 0 Å². The van der Waals surface area contributed by atoms with Gasteiger partial charge in [0.15, 0.2) is 0 Å². The van der Waals surface area contributed by atoms with Crippen LogP contribution in [-0.2, 0) is 0 Å². The number of hydrogen-bond acceptors (Lipinski definition) is 0. The molecule has 0 amide bonds. The normalized spacial score (nSPS) is 0. The van der Waals surface area contributed by atoms with Gasteiger partial charge in [-0.25, -0.2) is 0 Å². The minimum absolute atomic E-state index is 0. The second kappa shape index (κ2) is 916. The van der Waals surface area contributed by atoms with Crippen molar-refractivity contribution in [2.75, 3.05) is 0 Å². The Bertz CT molecular complexity index is 0. The number of rotatable bonds is 0. The van der Waals surface area contributed by atoms with Gasteiger partial charge in [0.1, 0.15) is 0 Å². The van der Waals surface area contributed by atoms with Gasteiger partial charge in [-0.2, -0.15) is 0 Å². The molecule has 0 aromatic carbocycles. The molecule has 129 heavy (non-hydrogen) atoms. The van der Waals surface area contributed by atoms with Crippen molar-refractivity contribution >= 4 is 0 Å². The Hall–Kier alpha value is 166. The van der Waals surface area contributed by atoms with Crippen molar-refractivity contribution in [1.82, 2.24) is 0 Å². The van der Waals surface area contributed by atoms with E-state index in [1.807, 2.05) is 0 Å². The zero-order valence-electron chi connectivity index (χ0n) is 43.0. The van der Waals surface area contributed by atoms with Gasteiger partial charge >= 0.3 is 0 Å². The van der Waals surface area contributed by atoms with Gasteiger partial charge in [0.05, 0.1) is 0 Å². The molecule has 0 unspecified atom stereocenters. The van der Waals surface area contributed by atoms with Crippen LogP contribution in [0.15, 0.2) is 0 Å². The monoisotopic (exact) mass is 20500 g/mol. The summed E-state index contributed by atoms with van der Waals surface area (Å²) in [5.74, 6) is 0. The van der Waals surface area contributed by atoms with Crippen LogP contribution in [0.5, 0.6) is 0 Å². The van der Waals surface area contributed by atoms with Gasteiger partial charge in [-0.1, -0.05) is 0 Å². The van der Waals surface area contributed by atoms with Crippen molar-refractivity contribution in [3.63, 3.8) is 0 Å². The predicted molar refractivity (Wildman–Crippen MR) is 0 cm³/mol. The third-order valence-electron chi connectivity index (χ3n) is 0. The summed E-state index contributed by atoms with van der Waals surface area (Å²) in [6.45, 7) is 0. The van der Waals surface area contributed by atoms with Gasteiger partial charge in [-0.3, -0.25) is 0 Å².